The maximum Gasteiger partial charge on any atom is 0.154 e. The Balaban J connectivity index is 1.79. The molecule has 3 aromatic rings. The van der Waals surface area contributed by atoms with Gasteiger partial charge in [-0.3, -0.25) is 4.90 Å². The van der Waals surface area contributed by atoms with E-state index in [-0.39, 0.29) is 0 Å². The average Bonchev–Trinajstić information content (AvgIpc) is 3.12. The lowest BCUT2D eigenvalue weighted by Gasteiger charge is -2.19. The number of hydrogen-bond donors (Lipinski definition) is 1. The van der Waals surface area contributed by atoms with Crippen LogP contribution in [-0.4, -0.2) is 40.5 Å². The quantitative estimate of drug-likeness (QED) is 0.764. The first-order chi connectivity index (χ1) is 11.3. The van der Waals surface area contributed by atoms with Gasteiger partial charge in [0.1, 0.15) is 5.69 Å². The minimum Gasteiger partial charge on any atom is -0.463 e. The maximum absolute atomic E-state index is 5.62. The van der Waals surface area contributed by atoms with Gasteiger partial charge in [-0.2, -0.15) is 0 Å². The van der Waals surface area contributed by atoms with Crippen molar-refractivity contribution in [1.29, 1.82) is 0 Å². The lowest BCUT2D eigenvalue weighted by atomic mass is 10.2. The highest BCUT2D eigenvalue weighted by atomic mass is 79.9. The second-order valence-corrected chi connectivity index (χ2v) is 6.67. The van der Waals surface area contributed by atoms with Gasteiger partial charge in [-0.15, -0.1) is 0 Å². The van der Waals surface area contributed by atoms with Crippen LogP contribution in [0.15, 0.2) is 45.6 Å². The second kappa shape index (κ2) is 6.47. The number of nitrogens with zero attached hydrogens (tertiary/aromatic N) is 3. The van der Waals surface area contributed by atoms with Gasteiger partial charge in [0, 0.05) is 25.8 Å². The third-order valence-corrected chi connectivity index (χ3v) is 4.88. The van der Waals surface area contributed by atoms with Gasteiger partial charge in [0.05, 0.1) is 16.4 Å². The summed E-state index contributed by atoms with van der Waals surface area (Å²) in [5, 5.41) is 3.46. The number of halogens is 1. The number of aromatic nitrogens is 2. The second-order valence-electron chi connectivity index (χ2n) is 5.81. The summed E-state index contributed by atoms with van der Waals surface area (Å²) in [4.78, 5) is 7.31. The zero-order valence-corrected chi connectivity index (χ0v) is 14.4. The van der Waals surface area contributed by atoms with E-state index in [1.54, 1.807) is 6.26 Å². The minimum atomic E-state index is 0.823. The summed E-state index contributed by atoms with van der Waals surface area (Å²) in [7, 11) is 0. The standard InChI is InChI=1S/C17H19BrN4O/c18-13-4-1-9-22-14(12-21-8-3-6-19-7-10-21)16(20-17(13)22)15-5-2-11-23-15/h1-2,4-5,9,11,19H,3,6-8,10,12H2. The van der Waals surface area contributed by atoms with Crippen LogP contribution in [0.3, 0.4) is 0 Å². The molecule has 1 aliphatic heterocycles. The molecule has 3 aromatic heterocycles. The molecule has 120 valence electrons. The van der Waals surface area contributed by atoms with Gasteiger partial charge in [-0.1, -0.05) is 0 Å². The lowest BCUT2D eigenvalue weighted by molar-refractivity contribution is 0.280. The summed E-state index contributed by atoms with van der Waals surface area (Å²) in [5.74, 6) is 0.823. The third-order valence-electron chi connectivity index (χ3n) is 4.26. The number of imidazole rings is 1. The number of fused-ring (bicyclic) bond motifs is 1. The van der Waals surface area contributed by atoms with Crippen LogP contribution in [0, 0.1) is 0 Å². The Labute approximate surface area is 143 Å². The molecule has 0 bridgehead atoms. The molecule has 23 heavy (non-hydrogen) atoms. The number of nitrogens with one attached hydrogen (secondary N) is 1. The summed E-state index contributed by atoms with van der Waals surface area (Å²) in [6.07, 6.45) is 4.95. The predicted molar refractivity (Wildman–Crippen MR) is 93.4 cm³/mol. The van der Waals surface area contributed by atoms with E-state index in [2.05, 4.69) is 36.7 Å². The van der Waals surface area contributed by atoms with E-state index in [4.69, 9.17) is 9.40 Å². The largest absolute Gasteiger partial charge is 0.463 e. The van der Waals surface area contributed by atoms with Gasteiger partial charge in [0.25, 0.3) is 0 Å². The zero-order chi connectivity index (χ0) is 15.6. The number of rotatable bonds is 3. The van der Waals surface area contributed by atoms with Crippen LogP contribution in [0.25, 0.3) is 17.1 Å². The van der Waals surface area contributed by atoms with Crippen molar-refractivity contribution >= 4 is 21.6 Å². The van der Waals surface area contributed by atoms with E-state index in [0.29, 0.717) is 0 Å². The Morgan fingerprint density at radius 3 is 3.04 bits per heavy atom. The molecule has 1 fully saturated rings. The highest BCUT2D eigenvalue weighted by molar-refractivity contribution is 9.10. The zero-order valence-electron chi connectivity index (χ0n) is 12.8. The fraction of sp³-hybridized carbons (Fsp3) is 0.353. The Morgan fingerprint density at radius 2 is 2.17 bits per heavy atom. The Morgan fingerprint density at radius 1 is 1.22 bits per heavy atom. The van der Waals surface area contributed by atoms with Gasteiger partial charge in [0.15, 0.2) is 11.4 Å². The number of pyridine rings is 1. The molecule has 6 heteroatoms. The molecule has 4 heterocycles. The highest BCUT2D eigenvalue weighted by Gasteiger charge is 2.20. The molecular formula is C17H19BrN4O. The van der Waals surface area contributed by atoms with E-state index >= 15 is 0 Å². The SMILES string of the molecule is Brc1cccn2c(CN3CCCNCC3)c(-c3ccco3)nc12. The Bertz CT molecular complexity index is 788. The van der Waals surface area contributed by atoms with Crippen molar-refractivity contribution in [3.05, 3.63) is 46.9 Å². The fourth-order valence-electron chi connectivity index (χ4n) is 3.12. The normalized spacial score (nSPS) is 16.7. The molecule has 0 aromatic carbocycles. The molecule has 0 unspecified atom stereocenters. The van der Waals surface area contributed by atoms with Crippen molar-refractivity contribution in [2.24, 2.45) is 0 Å². The summed E-state index contributed by atoms with van der Waals surface area (Å²) in [6.45, 7) is 5.16. The highest BCUT2D eigenvalue weighted by Crippen LogP contribution is 2.29. The fourth-order valence-corrected chi connectivity index (χ4v) is 3.55. The number of furan rings is 1. The van der Waals surface area contributed by atoms with Crippen molar-refractivity contribution in [2.75, 3.05) is 26.2 Å². The van der Waals surface area contributed by atoms with Crippen molar-refractivity contribution in [1.82, 2.24) is 19.6 Å². The topological polar surface area (TPSA) is 45.7 Å². The molecule has 4 rings (SSSR count). The molecule has 1 aliphatic rings. The lowest BCUT2D eigenvalue weighted by Crippen LogP contribution is -2.28. The molecule has 0 spiro atoms. The first-order valence-electron chi connectivity index (χ1n) is 7.95. The van der Waals surface area contributed by atoms with Crippen LogP contribution in [0.4, 0.5) is 0 Å². The molecule has 0 atom stereocenters. The monoisotopic (exact) mass is 374 g/mol. The summed E-state index contributed by atoms with van der Waals surface area (Å²) in [5.41, 5.74) is 3.04. The maximum atomic E-state index is 5.62. The smallest absolute Gasteiger partial charge is 0.154 e. The van der Waals surface area contributed by atoms with Crippen LogP contribution < -0.4 is 5.32 Å². The van der Waals surface area contributed by atoms with Gasteiger partial charge in [-0.25, -0.2) is 4.98 Å². The van der Waals surface area contributed by atoms with Crippen LogP contribution in [0.2, 0.25) is 0 Å². The van der Waals surface area contributed by atoms with Crippen molar-refractivity contribution in [3.63, 3.8) is 0 Å². The first-order valence-corrected chi connectivity index (χ1v) is 8.74. The molecule has 0 amide bonds. The molecule has 0 saturated carbocycles. The van der Waals surface area contributed by atoms with Crippen LogP contribution in [0.5, 0.6) is 0 Å². The third kappa shape index (κ3) is 2.94. The van der Waals surface area contributed by atoms with Crippen molar-refractivity contribution < 1.29 is 4.42 Å². The van der Waals surface area contributed by atoms with E-state index in [1.807, 2.05) is 24.3 Å². The van der Waals surface area contributed by atoms with Gasteiger partial charge in [-0.05, 0) is 59.7 Å². The van der Waals surface area contributed by atoms with Gasteiger partial charge in [0.2, 0.25) is 0 Å². The van der Waals surface area contributed by atoms with E-state index in [9.17, 15) is 0 Å². The van der Waals surface area contributed by atoms with Crippen LogP contribution >= 0.6 is 15.9 Å². The van der Waals surface area contributed by atoms with E-state index in [1.165, 1.54) is 12.1 Å². The van der Waals surface area contributed by atoms with Crippen molar-refractivity contribution in [2.45, 2.75) is 13.0 Å². The molecule has 0 radical (unpaired) electrons. The Hall–Kier alpha value is -1.63. The van der Waals surface area contributed by atoms with E-state index in [0.717, 1.165) is 54.3 Å². The van der Waals surface area contributed by atoms with Gasteiger partial charge < -0.3 is 14.1 Å². The summed E-state index contributed by atoms with van der Waals surface area (Å²) >= 11 is 3.61. The number of hydrogen-bond acceptors (Lipinski definition) is 4. The van der Waals surface area contributed by atoms with Crippen LogP contribution in [-0.2, 0) is 6.54 Å². The average molecular weight is 375 g/mol. The van der Waals surface area contributed by atoms with Gasteiger partial charge >= 0.3 is 0 Å². The molecule has 5 nitrogen and oxygen atoms in total. The molecule has 1 N–H and O–H groups in total. The minimum absolute atomic E-state index is 0.823. The predicted octanol–water partition coefficient (Wildman–Crippen LogP) is 3.15. The molecule has 0 aliphatic carbocycles. The summed E-state index contributed by atoms with van der Waals surface area (Å²) in [6, 6.07) is 7.95. The molecule has 1 saturated heterocycles. The van der Waals surface area contributed by atoms with E-state index < -0.39 is 0 Å². The van der Waals surface area contributed by atoms with Crippen molar-refractivity contribution in [3.8, 4) is 11.5 Å². The Kier molecular flexibility index (Phi) is 4.20. The first kappa shape index (κ1) is 14.9. The molecular weight excluding hydrogens is 356 g/mol. The summed E-state index contributed by atoms with van der Waals surface area (Å²) < 4.78 is 8.79. The van der Waals surface area contributed by atoms with Crippen LogP contribution in [0.1, 0.15) is 12.1 Å².